The summed E-state index contributed by atoms with van der Waals surface area (Å²) in [6.07, 6.45) is 0.292. The van der Waals surface area contributed by atoms with Gasteiger partial charge in [-0.2, -0.15) is 16.8 Å². The van der Waals surface area contributed by atoms with Crippen LogP contribution < -0.4 is 0 Å². The molecule has 8 heteroatoms. The summed E-state index contributed by atoms with van der Waals surface area (Å²) in [7, 11) is -8.37. The van der Waals surface area contributed by atoms with Crippen molar-refractivity contribution in [2.45, 2.75) is 18.2 Å². The molecule has 0 radical (unpaired) electrons. The summed E-state index contributed by atoms with van der Waals surface area (Å²) >= 11 is 0. The largest absolute Gasteiger partial charge is 0.324 e. The fraction of sp³-hybridized carbons (Fsp3) is 0.231. The molecule has 0 atom stereocenters. The van der Waals surface area contributed by atoms with Gasteiger partial charge in [0.25, 0.3) is 10.1 Å². The first-order valence-electron chi connectivity index (χ1n) is 6.19. The highest BCUT2D eigenvalue weighted by Gasteiger charge is 2.23. The van der Waals surface area contributed by atoms with Gasteiger partial charge in [0, 0.05) is 5.39 Å². The van der Waals surface area contributed by atoms with Gasteiger partial charge in [-0.15, -0.1) is 0 Å². The molecule has 0 saturated carbocycles. The highest BCUT2D eigenvalue weighted by molar-refractivity contribution is 7.89. The van der Waals surface area contributed by atoms with Gasteiger partial charge in [-0.3, -0.25) is 0 Å². The number of hydrogen-bond acceptors (Lipinski definition) is 6. The fourth-order valence-corrected chi connectivity index (χ4v) is 3.79. The Hall–Kier alpha value is -1.48. The summed E-state index contributed by atoms with van der Waals surface area (Å²) in [6.45, 7) is 1.63. The Balaban J connectivity index is 2.35. The van der Waals surface area contributed by atoms with Gasteiger partial charge < -0.3 is 0 Å². The van der Waals surface area contributed by atoms with Crippen LogP contribution in [-0.4, -0.2) is 22.6 Å². The van der Waals surface area contributed by atoms with E-state index in [4.69, 9.17) is 0 Å². The van der Waals surface area contributed by atoms with E-state index >= 15 is 0 Å². The molecule has 0 bridgehead atoms. The third kappa shape index (κ3) is 3.79. The van der Waals surface area contributed by atoms with E-state index in [9.17, 15) is 16.8 Å². The lowest BCUT2D eigenvalue weighted by molar-refractivity contribution is -0.0849. The van der Waals surface area contributed by atoms with E-state index in [1.54, 1.807) is 43.3 Å². The smallest absolute Gasteiger partial charge is 0.197 e. The molecule has 0 spiro atoms. The molecule has 0 aliphatic carbocycles. The van der Waals surface area contributed by atoms with E-state index in [0.717, 1.165) is 0 Å². The first kappa shape index (κ1) is 15.9. The minimum Gasteiger partial charge on any atom is -0.197 e. The van der Waals surface area contributed by atoms with Crippen molar-refractivity contribution in [3.05, 3.63) is 42.5 Å². The van der Waals surface area contributed by atoms with Crippen LogP contribution in [-0.2, 0) is 28.9 Å². The van der Waals surface area contributed by atoms with Crippen molar-refractivity contribution in [1.82, 2.24) is 0 Å². The maximum atomic E-state index is 12.1. The first-order chi connectivity index (χ1) is 9.86. The van der Waals surface area contributed by atoms with Crippen LogP contribution in [0.25, 0.3) is 10.8 Å². The number of benzene rings is 2. The summed E-state index contributed by atoms with van der Waals surface area (Å²) in [4.78, 5) is -0.146. The molecule has 2 rings (SSSR count). The number of rotatable bonds is 6. The van der Waals surface area contributed by atoms with E-state index in [1.165, 1.54) is 6.07 Å². The van der Waals surface area contributed by atoms with Crippen LogP contribution in [0.2, 0.25) is 0 Å². The van der Waals surface area contributed by atoms with Crippen molar-refractivity contribution in [2.75, 3.05) is 5.75 Å². The third-order valence-electron chi connectivity index (χ3n) is 2.69. The van der Waals surface area contributed by atoms with Crippen LogP contribution in [0.5, 0.6) is 0 Å². The van der Waals surface area contributed by atoms with Crippen molar-refractivity contribution >= 4 is 31.0 Å². The number of hydrogen-bond donors (Lipinski definition) is 0. The molecule has 2 aromatic carbocycles. The standard InChI is InChI=1S/C13H14O6S2/c1-2-10-20(14,15)18-19-21(16,17)13-9-5-7-11-6-3-4-8-12(11)13/h3-9H,2,10H2,1H3. The first-order valence-corrected chi connectivity index (χ1v) is 9.17. The zero-order valence-corrected chi connectivity index (χ0v) is 12.9. The van der Waals surface area contributed by atoms with Crippen LogP contribution in [0.1, 0.15) is 13.3 Å². The molecule has 0 heterocycles. The second-order valence-corrected chi connectivity index (χ2v) is 7.47. The maximum Gasteiger partial charge on any atom is 0.324 e. The molecule has 0 aliphatic heterocycles. The van der Waals surface area contributed by atoms with Crippen LogP contribution in [0.4, 0.5) is 0 Å². The summed E-state index contributed by atoms with van der Waals surface area (Å²) in [5.74, 6) is -0.321. The molecule has 0 fully saturated rings. The van der Waals surface area contributed by atoms with Gasteiger partial charge in [0.2, 0.25) is 0 Å². The Morgan fingerprint density at radius 1 is 0.905 bits per heavy atom. The van der Waals surface area contributed by atoms with Crippen LogP contribution >= 0.6 is 0 Å². The SMILES string of the molecule is CCCS(=O)(=O)OOS(=O)(=O)c1cccc2ccccc12. The summed E-state index contributed by atoms with van der Waals surface area (Å²) in [6, 6.07) is 11.4. The van der Waals surface area contributed by atoms with Crippen molar-refractivity contribution in [3.8, 4) is 0 Å². The zero-order chi connectivity index (χ0) is 15.5. The van der Waals surface area contributed by atoms with Gasteiger partial charge in [-0.25, -0.2) is 0 Å². The van der Waals surface area contributed by atoms with E-state index in [0.29, 0.717) is 17.2 Å². The summed E-state index contributed by atoms with van der Waals surface area (Å²) < 4.78 is 55.2. The van der Waals surface area contributed by atoms with Gasteiger partial charge in [0.1, 0.15) is 4.90 Å². The Morgan fingerprint density at radius 3 is 2.29 bits per heavy atom. The second-order valence-electron chi connectivity index (χ2n) is 4.33. The minimum absolute atomic E-state index is 0.146. The Kier molecular flexibility index (Phi) is 4.62. The van der Waals surface area contributed by atoms with Crippen molar-refractivity contribution in [1.29, 1.82) is 0 Å². The normalized spacial score (nSPS) is 12.6. The molecule has 0 unspecified atom stereocenters. The van der Waals surface area contributed by atoms with Crippen molar-refractivity contribution < 1.29 is 25.5 Å². The van der Waals surface area contributed by atoms with Crippen molar-refractivity contribution in [3.63, 3.8) is 0 Å². The Labute approximate surface area is 123 Å². The lowest BCUT2D eigenvalue weighted by Crippen LogP contribution is -2.15. The third-order valence-corrected chi connectivity index (χ3v) is 5.11. The van der Waals surface area contributed by atoms with Crippen LogP contribution in [0.3, 0.4) is 0 Å². The molecule has 21 heavy (non-hydrogen) atoms. The minimum atomic E-state index is -4.34. The topological polar surface area (TPSA) is 86.7 Å². The molecule has 0 aromatic heterocycles. The average molecular weight is 330 g/mol. The molecule has 6 nitrogen and oxygen atoms in total. The van der Waals surface area contributed by atoms with Gasteiger partial charge in [0.15, 0.2) is 0 Å². The Bertz CT molecular complexity index is 835. The zero-order valence-electron chi connectivity index (χ0n) is 11.2. The highest BCUT2D eigenvalue weighted by Crippen LogP contribution is 2.24. The highest BCUT2D eigenvalue weighted by atomic mass is 32.2. The number of fused-ring (bicyclic) bond motifs is 1. The van der Waals surface area contributed by atoms with Gasteiger partial charge in [0.05, 0.1) is 5.75 Å². The van der Waals surface area contributed by atoms with Crippen molar-refractivity contribution in [2.24, 2.45) is 0 Å². The van der Waals surface area contributed by atoms with E-state index in [2.05, 4.69) is 8.67 Å². The van der Waals surface area contributed by atoms with E-state index < -0.39 is 20.2 Å². The quantitative estimate of drug-likeness (QED) is 0.596. The fourth-order valence-electron chi connectivity index (χ4n) is 1.81. The molecule has 0 N–H and O–H groups in total. The van der Waals surface area contributed by atoms with E-state index in [1.807, 2.05) is 0 Å². The monoisotopic (exact) mass is 330 g/mol. The lowest BCUT2D eigenvalue weighted by atomic mass is 10.1. The van der Waals surface area contributed by atoms with Crippen LogP contribution in [0.15, 0.2) is 47.4 Å². The lowest BCUT2D eigenvalue weighted by Gasteiger charge is -2.07. The van der Waals surface area contributed by atoms with Gasteiger partial charge in [-0.05, 0) is 17.9 Å². The molecule has 0 amide bonds. The molecule has 0 aliphatic rings. The predicted octanol–water partition coefficient (Wildman–Crippen LogP) is 2.22. The average Bonchev–Trinajstić information content (AvgIpc) is 2.45. The molecule has 2 aromatic rings. The predicted molar refractivity (Wildman–Crippen MR) is 77.4 cm³/mol. The van der Waals surface area contributed by atoms with Crippen LogP contribution in [0, 0.1) is 0 Å². The Morgan fingerprint density at radius 2 is 1.57 bits per heavy atom. The summed E-state index contributed by atoms with van der Waals surface area (Å²) in [5.41, 5.74) is 0. The molecule has 114 valence electrons. The molecular weight excluding hydrogens is 316 g/mol. The maximum absolute atomic E-state index is 12.1. The van der Waals surface area contributed by atoms with E-state index in [-0.39, 0.29) is 10.6 Å². The molecular formula is C13H14O6S2. The second kappa shape index (κ2) is 6.10. The summed E-state index contributed by atoms with van der Waals surface area (Å²) in [5, 5.41) is 1.12. The van der Waals surface area contributed by atoms with Gasteiger partial charge >= 0.3 is 10.1 Å². The molecule has 0 saturated heterocycles. The van der Waals surface area contributed by atoms with Gasteiger partial charge in [-0.1, -0.05) is 52.0 Å².